The molecule has 0 spiro atoms. The molecule has 0 amide bonds. The predicted octanol–water partition coefficient (Wildman–Crippen LogP) is 1.89. The fourth-order valence-electron chi connectivity index (χ4n) is 1.71. The lowest BCUT2D eigenvalue weighted by Crippen LogP contribution is -2.07. The van der Waals surface area contributed by atoms with Crippen LogP contribution in [0.4, 0.5) is 0 Å². The van der Waals surface area contributed by atoms with Gasteiger partial charge in [-0.1, -0.05) is 24.3 Å². The molecular formula is C13H16N3O. The molecule has 0 aliphatic heterocycles. The maximum atomic E-state index is 5.12. The van der Waals surface area contributed by atoms with Crippen LogP contribution in [0.5, 0.6) is 5.75 Å². The Morgan fingerprint density at radius 1 is 1.29 bits per heavy atom. The molecule has 0 saturated heterocycles. The lowest BCUT2D eigenvalue weighted by molar-refractivity contribution is 0.414. The Bertz CT molecular complexity index is 462. The first kappa shape index (κ1) is 11.6. The molecule has 0 unspecified atom stereocenters. The first-order chi connectivity index (χ1) is 8.33. The second-order valence-electron chi connectivity index (χ2n) is 3.82. The van der Waals surface area contributed by atoms with E-state index in [0.717, 1.165) is 30.8 Å². The van der Waals surface area contributed by atoms with Gasteiger partial charge in [0.1, 0.15) is 11.9 Å². The number of methoxy groups -OCH3 is 1. The summed E-state index contributed by atoms with van der Waals surface area (Å²) in [6, 6.07) is 8.10. The van der Waals surface area contributed by atoms with Crippen molar-refractivity contribution in [3.8, 4) is 5.75 Å². The van der Waals surface area contributed by atoms with E-state index in [1.54, 1.807) is 7.11 Å². The number of rotatable bonds is 5. The zero-order valence-corrected chi connectivity index (χ0v) is 10.2. The van der Waals surface area contributed by atoms with Gasteiger partial charge in [-0.15, -0.1) is 5.10 Å². The Labute approximate surface area is 101 Å². The minimum absolute atomic E-state index is 0.839. The summed E-state index contributed by atoms with van der Waals surface area (Å²) in [5.41, 5.74) is 2.32. The summed E-state index contributed by atoms with van der Waals surface area (Å²) in [5.74, 6) is 0.886. The molecule has 4 heteroatoms. The van der Waals surface area contributed by atoms with E-state index in [9.17, 15) is 0 Å². The summed E-state index contributed by atoms with van der Waals surface area (Å²) in [6.45, 7) is 2.92. The molecule has 2 rings (SSSR count). The smallest absolute Gasteiger partial charge is 0.138 e. The minimum atomic E-state index is 0.839. The Kier molecular flexibility index (Phi) is 3.75. The second-order valence-corrected chi connectivity index (χ2v) is 3.82. The quantitative estimate of drug-likeness (QED) is 0.787. The summed E-state index contributed by atoms with van der Waals surface area (Å²) in [4.78, 5) is 0. The third kappa shape index (κ3) is 2.84. The van der Waals surface area contributed by atoms with Gasteiger partial charge in [-0.05, 0) is 30.5 Å². The van der Waals surface area contributed by atoms with Crippen molar-refractivity contribution >= 4 is 0 Å². The molecule has 0 aliphatic rings. The molecule has 0 fully saturated rings. The van der Waals surface area contributed by atoms with E-state index in [1.807, 2.05) is 16.8 Å². The highest BCUT2D eigenvalue weighted by atomic mass is 16.5. The van der Waals surface area contributed by atoms with E-state index in [4.69, 9.17) is 4.74 Å². The molecule has 0 aliphatic carbocycles. The third-order valence-electron chi connectivity index (χ3n) is 2.75. The zero-order chi connectivity index (χ0) is 12.1. The van der Waals surface area contributed by atoms with E-state index < -0.39 is 0 Å². The molecule has 4 nitrogen and oxygen atoms in total. The maximum absolute atomic E-state index is 5.12. The minimum Gasteiger partial charge on any atom is -0.497 e. The molecule has 1 aromatic carbocycles. The molecule has 1 heterocycles. The fourth-order valence-corrected chi connectivity index (χ4v) is 1.71. The molecule has 0 atom stereocenters. The number of hydrogen-bond acceptors (Lipinski definition) is 3. The average molecular weight is 230 g/mol. The first-order valence-corrected chi connectivity index (χ1v) is 5.76. The van der Waals surface area contributed by atoms with Crippen molar-refractivity contribution in [1.29, 1.82) is 0 Å². The number of hydrogen-bond donors (Lipinski definition) is 0. The molecule has 1 aromatic heterocycles. The molecule has 0 saturated carbocycles. The molecule has 89 valence electrons. The van der Waals surface area contributed by atoms with Gasteiger partial charge in [0.25, 0.3) is 0 Å². The van der Waals surface area contributed by atoms with Crippen molar-refractivity contribution in [2.45, 2.75) is 26.3 Å². The number of aryl methyl sites for hydroxylation is 3. The van der Waals surface area contributed by atoms with Gasteiger partial charge in [0.15, 0.2) is 0 Å². The van der Waals surface area contributed by atoms with E-state index in [2.05, 4.69) is 35.6 Å². The van der Waals surface area contributed by atoms with E-state index in [1.165, 1.54) is 5.56 Å². The molecule has 2 aromatic rings. The second kappa shape index (κ2) is 5.48. The van der Waals surface area contributed by atoms with E-state index >= 15 is 0 Å². The SMILES string of the molecule is CCc1[c]nnn1CCc1ccc(OC)cc1. The molecule has 0 bridgehead atoms. The van der Waals surface area contributed by atoms with Crippen LogP contribution >= 0.6 is 0 Å². The van der Waals surface area contributed by atoms with Crippen LogP contribution in [-0.2, 0) is 19.4 Å². The number of aromatic nitrogens is 3. The van der Waals surface area contributed by atoms with Gasteiger partial charge in [-0.25, -0.2) is 4.68 Å². The summed E-state index contributed by atoms with van der Waals surface area (Å²) in [5, 5.41) is 7.82. The highest BCUT2D eigenvalue weighted by Crippen LogP contribution is 2.12. The van der Waals surface area contributed by atoms with Crippen molar-refractivity contribution in [1.82, 2.24) is 15.0 Å². The van der Waals surface area contributed by atoms with Crippen LogP contribution < -0.4 is 4.74 Å². The fraction of sp³-hybridized carbons (Fsp3) is 0.385. The van der Waals surface area contributed by atoms with Crippen molar-refractivity contribution < 1.29 is 4.74 Å². The van der Waals surface area contributed by atoms with Gasteiger partial charge in [0.2, 0.25) is 0 Å². The summed E-state index contributed by atoms with van der Waals surface area (Å²) < 4.78 is 7.03. The van der Waals surface area contributed by atoms with Crippen molar-refractivity contribution in [3.63, 3.8) is 0 Å². The summed E-state index contributed by atoms with van der Waals surface area (Å²) in [7, 11) is 1.67. The van der Waals surface area contributed by atoms with Gasteiger partial charge in [0.05, 0.1) is 12.8 Å². The van der Waals surface area contributed by atoms with Crippen LogP contribution in [0.15, 0.2) is 24.3 Å². The van der Waals surface area contributed by atoms with Crippen molar-refractivity contribution in [3.05, 3.63) is 41.7 Å². The Morgan fingerprint density at radius 3 is 2.71 bits per heavy atom. The van der Waals surface area contributed by atoms with Crippen LogP contribution in [0.2, 0.25) is 0 Å². The Morgan fingerprint density at radius 2 is 2.06 bits per heavy atom. The molecule has 17 heavy (non-hydrogen) atoms. The van der Waals surface area contributed by atoms with Gasteiger partial charge in [0, 0.05) is 6.54 Å². The number of nitrogens with zero attached hydrogens (tertiary/aromatic N) is 3. The average Bonchev–Trinajstić information content (AvgIpc) is 2.84. The van der Waals surface area contributed by atoms with Crippen LogP contribution in [0, 0.1) is 6.20 Å². The van der Waals surface area contributed by atoms with Crippen LogP contribution in [-0.4, -0.2) is 22.1 Å². The van der Waals surface area contributed by atoms with E-state index in [-0.39, 0.29) is 0 Å². The summed E-state index contributed by atoms with van der Waals surface area (Å²) in [6.07, 6.45) is 4.74. The highest BCUT2D eigenvalue weighted by Gasteiger charge is 2.02. The molecule has 0 N–H and O–H groups in total. The molecule has 1 radical (unpaired) electrons. The zero-order valence-electron chi connectivity index (χ0n) is 10.2. The topological polar surface area (TPSA) is 39.9 Å². The largest absolute Gasteiger partial charge is 0.497 e. The first-order valence-electron chi connectivity index (χ1n) is 5.76. The number of benzene rings is 1. The third-order valence-corrected chi connectivity index (χ3v) is 2.75. The van der Waals surface area contributed by atoms with Crippen LogP contribution in [0.25, 0.3) is 0 Å². The van der Waals surface area contributed by atoms with Gasteiger partial charge in [-0.3, -0.25) is 0 Å². The predicted molar refractivity (Wildman–Crippen MR) is 64.9 cm³/mol. The van der Waals surface area contributed by atoms with Gasteiger partial charge < -0.3 is 4.74 Å². The van der Waals surface area contributed by atoms with Crippen LogP contribution in [0.1, 0.15) is 18.2 Å². The van der Waals surface area contributed by atoms with E-state index in [0.29, 0.717) is 0 Å². The monoisotopic (exact) mass is 230 g/mol. The standard InChI is InChI=1S/C13H16N3O/c1-3-12-10-14-15-16(12)9-8-11-4-6-13(17-2)7-5-11/h4-7H,3,8-9H2,1-2H3. The maximum Gasteiger partial charge on any atom is 0.138 e. The summed E-state index contributed by atoms with van der Waals surface area (Å²) >= 11 is 0. The lowest BCUT2D eigenvalue weighted by atomic mass is 10.1. The van der Waals surface area contributed by atoms with Gasteiger partial charge >= 0.3 is 0 Å². The Hall–Kier alpha value is -1.84. The van der Waals surface area contributed by atoms with Crippen molar-refractivity contribution in [2.75, 3.05) is 7.11 Å². The van der Waals surface area contributed by atoms with Crippen LogP contribution in [0.3, 0.4) is 0 Å². The van der Waals surface area contributed by atoms with Gasteiger partial charge in [-0.2, -0.15) is 0 Å². The normalized spacial score (nSPS) is 10.5. The number of ether oxygens (including phenoxy) is 1. The highest BCUT2D eigenvalue weighted by molar-refractivity contribution is 5.27. The lowest BCUT2D eigenvalue weighted by Gasteiger charge is -2.05. The Balaban J connectivity index is 1.97. The molecular weight excluding hydrogens is 214 g/mol. The van der Waals surface area contributed by atoms with Crippen molar-refractivity contribution in [2.24, 2.45) is 0 Å².